The van der Waals surface area contributed by atoms with Crippen molar-refractivity contribution in [2.45, 2.75) is 19.9 Å². The highest BCUT2D eigenvalue weighted by atomic mass is 32.2. The molecule has 1 aromatic carbocycles. The molecule has 2 N–H and O–H groups in total. The Balaban J connectivity index is 0.000000861. The summed E-state index contributed by atoms with van der Waals surface area (Å²) in [5.41, 5.74) is 0.541. The van der Waals surface area contributed by atoms with E-state index in [2.05, 4.69) is 4.99 Å². The first-order valence-corrected chi connectivity index (χ1v) is 6.91. The Morgan fingerprint density at radius 3 is 2.63 bits per heavy atom. The maximum Gasteiger partial charge on any atom is 0.329 e. The zero-order chi connectivity index (χ0) is 14.4. The predicted molar refractivity (Wildman–Crippen MR) is 76.4 cm³/mol. The lowest BCUT2D eigenvalue weighted by Crippen LogP contribution is -2.17. The van der Waals surface area contributed by atoms with Gasteiger partial charge in [0.1, 0.15) is 16.5 Å². The predicted octanol–water partition coefficient (Wildman–Crippen LogP) is 2.37. The second kappa shape index (κ2) is 7.04. The van der Waals surface area contributed by atoms with Crippen LogP contribution in [0.3, 0.4) is 0 Å². The van der Waals surface area contributed by atoms with Gasteiger partial charge in [-0.25, -0.2) is 4.79 Å². The molecule has 2 rings (SSSR count). The zero-order valence-corrected chi connectivity index (χ0v) is 11.9. The summed E-state index contributed by atoms with van der Waals surface area (Å²) in [6, 6.07) is 4.12. The number of ether oxygens (including phenoxy) is 1. The molecule has 5 nitrogen and oxygen atoms in total. The van der Waals surface area contributed by atoms with Gasteiger partial charge in [-0.05, 0) is 12.1 Å². The van der Waals surface area contributed by atoms with E-state index in [-0.39, 0.29) is 5.75 Å². The van der Waals surface area contributed by atoms with Crippen LogP contribution in [0, 0.1) is 0 Å². The Bertz CT molecular complexity index is 488. The van der Waals surface area contributed by atoms with Gasteiger partial charge in [0.05, 0.1) is 7.11 Å². The maximum atomic E-state index is 10.8. The number of aliphatic carboxylic acids is 1. The van der Waals surface area contributed by atoms with Gasteiger partial charge in [0, 0.05) is 17.4 Å². The van der Waals surface area contributed by atoms with Gasteiger partial charge in [0.25, 0.3) is 0 Å². The van der Waals surface area contributed by atoms with Gasteiger partial charge in [-0.2, -0.15) is 0 Å². The van der Waals surface area contributed by atoms with Gasteiger partial charge < -0.3 is 14.9 Å². The standard InChI is InChI=1S/C11H11NO4S.C2H6/c1-16-6-2-3-7(9(13)4-6)10-12-8(5-17-10)11(14)15;1-2/h2-4,8,13H,5H2,1H3,(H,14,15);1-2H3/t8-;/m1./s1. The molecule has 104 valence electrons. The van der Waals surface area contributed by atoms with E-state index in [1.54, 1.807) is 12.1 Å². The van der Waals surface area contributed by atoms with E-state index in [1.807, 2.05) is 13.8 Å². The molecule has 1 aliphatic heterocycles. The molecule has 1 aromatic rings. The number of benzene rings is 1. The third-order valence-electron chi connectivity index (χ3n) is 2.37. The number of nitrogens with zero attached hydrogens (tertiary/aromatic N) is 1. The van der Waals surface area contributed by atoms with Crippen molar-refractivity contribution in [1.82, 2.24) is 0 Å². The van der Waals surface area contributed by atoms with Gasteiger partial charge in [-0.3, -0.25) is 4.99 Å². The van der Waals surface area contributed by atoms with E-state index >= 15 is 0 Å². The first-order valence-electron chi connectivity index (χ1n) is 5.92. The second-order valence-electron chi connectivity index (χ2n) is 3.48. The number of hydrogen-bond acceptors (Lipinski definition) is 5. The third kappa shape index (κ3) is 3.64. The van der Waals surface area contributed by atoms with Crippen molar-refractivity contribution in [2.75, 3.05) is 12.9 Å². The second-order valence-corrected chi connectivity index (χ2v) is 4.49. The zero-order valence-electron chi connectivity index (χ0n) is 11.1. The number of thioether (sulfide) groups is 1. The summed E-state index contributed by atoms with van der Waals surface area (Å²) < 4.78 is 4.97. The minimum absolute atomic E-state index is 0.0432. The third-order valence-corrected chi connectivity index (χ3v) is 3.45. The minimum atomic E-state index is -0.944. The first kappa shape index (κ1) is 15.4. The first-order chi connectivity index (χ1) is 9.11. The maximum absolute atomic E-state index is 10.8. The van der Waals surface area contributed by atoms with Crippen molar-refractivity contribution in [3.05, 3.63) is 23.8 Å². The number of aliphatic imine (C=N–C) groups is 1. The van der Waals surface area contributed by atoms with Gasteiger partial charge in [-0.15, -0.1) is 11.8 Å². The quantitative estimate of drug-likeness (QED) is 0.890. The summed E-state index contributed by atoms with van der Waals surface area (Å²) in [7, 11) is 1.51. The summed E-state index contributed by atoms with van der Waals surface area (Å²) >= 11 is 1.33. The molecule has 0 radical (unpaired) electrons. The van der Waals surface area contributed by atoms with E-state index in [4.69, 9.17) is 9.84 Å². The van der Waals surface area contributed by atoms with E-state index < -0.39 is 12.0 Å². The van der Waals surface area contributed by atoms with Crippen molar-refractivity contribution in [1.29, 1.82) is 0 Å². The topological polar surface area (TPSA) is 79.1 Å². The van der Waals surface area contributed by atoms with Crippen LogP contribution in [-0.4, -0.2) is 40.1 Å². The van der Waals surface area contributed by atoms with Crippen LogP contribution in [-0.2, 0) is 4.79 Å². The van der Waals surface area contributed by atoms with Gasteiger partial charge in [0.15, 0.2) is 6.04 Å². The molecule has 0 amide bonds. The molecule has 0 aliphatic carbocycles. The average molecular weight is 283 g/mol. The van der Waals surface area contributed by atoms with Crippen LogP contribution in [0.5, 0.6) is 11.5 Å². The Morgan fingerprint density at radius 2 is 2.16 bits per heavy atom. The summed E-state index contributed by atoms with van der Waals surface area (Å²) in [6.07, 6.45) is 0. The number of rotatable bonds is 3. The van der Waals surface area contributed by atoms with E-state index in [1.165, 1.54) is 24.9 Å². The van der Waals surface area contributed by atoms with Crippen molar-refractivity contribution in [3.63, 3.8) is 0 Å². The molecule has 0 spiro atoms. The highest BCUT2D eigenvalue weighted by Crippen LogP contribution is 2.31. The van der Waals surface area contributed by atoms with Gasteiger partial charge >= 0.3 is 5.97 Å². The summed E-state index contributed by atoms with van der Waals surface area (Å²) in [6.45, 7) is 4.00. The lowest BCUT2D eigenvalue weighted by atomic mass is 10.2. The molecule has 6 heteroatoms. The number of carboxylic acid groups (broad SMARTS) is 1. The van der Waals surface area contributed by atoms with Crippen LogP contribution < -0.4 is 4.74 Å². The molecule has 0 unspecified atom stereocenters. The van der Waals surface area contributed by atoms with Crippen LogP contribution in [0.15, 0.2) is 23.2 Å². The number of hydrogen-bond donors (Lipinski definition) is 2. The van der Waals surface area contributed by atoms with E-state index in [0.717, 1.165) is 0 Å². The largest absolute Gasteiger partial charge is 0.507 e. The highest BCUT2D eigenvalue weighted by Gasteiger charge is 2.26. The highest BCUT2D eigenvalue weighted by molar-refractivity contribution is 8.14. The number of methoxy groups -OCH3 is 1. The van der Waals surface area contributed by atoms with E-state index in [9.17, 15) is 9.90 Å². The molecule has 0 fully saturated rings. The lowest BCUT2D eigenvalue weighted by molar-refractivity contribution is -0.137. The molecule has 0 saturated heterocycles. The van der Waals surface area contributed by atoms with Crippen LogP contribution in [0.2, 0.25) is 0 Å². The molecule has 1 atom stereocenters. The van der Waals surface area contributed by atoms with Gasteiger partial charge in [-0.1, -0.05) is 13.8 Å². The van der Waals surface area contributed by atoms with Crippen LogP contribution >= 0.6 is 11.8 Å². The minimum Gasteiger partial charge on any atom is -0.507 e. The van der Waals surface area contributed by atoms with Gasteiger partial charge in [0.2, 0.25) is 0 Å². The fourth-order valence-corrected chi connectivity index (χ4v) is 2.53. The van der Waals surface area contributed by atoms with E-state index in [0.29, 0.717) is 22.1 Å². The fraction of sp³-hybridized carbons (Fsp3) is 0.385. The molecule has 0 aromatic heterocycles. The number of carboxylic acids is 1. The number of phenols is 1. The van der Waals surface area contributed by atoms with Crippen LogP contribution in [0.25, 0.3) is 0 Å². The van der Waals surface area contributed by atoms with Crippen molar-refractivity contribution >= 4 is 22.8 Å². The molecule has 19 heavy (non-hydrogen) atoms. The fourth-order valence-electron chi connectivity index (χ4n) is 1.47. The monoisotopic (exact) mass is 283 g/mol. The lowest BCUT2D eigenvalue weighted by Gasteiger charge is -2.05. The molecule has 0 bridgehead atoms. The Labute approximate surface area is 116 Å². The number of carbonyl (C=O) groups is 1. The molecular weight excluding hydrogens is 266 g/mol. The summed E-state index contributed by atoms with van der Waals surface area (Å²) in [5.74, 6) is 0.0441. The van der Waals surface area contributed by atoms with Crippen LogP contribution in [0.1, 0.15) is 19.4 Å². The van der Waals surface area contributed by atoms with Crippen LogP contribution in [0.4, 0.5) is 0 Å². The summed E-state index contributed by atoms with van der Waals surface area (Å²) in [5, 5.41) is 19.2. The molecule has 0 saturated carbocycles. The summed E-state index contributed by atoms with van der Waals surface area (Å²) in [4.78, 5) is 14.8. The smallest absolute Gasteiger partial charge is 0.329 e. The number of aromatic hydroxyl groups is 1. The Kier molecular flexibility index (Phi) is 5.69. The van der Waals surface area contributed by atoms with Crippen molar-refractivity contribution in [2.24, 2.45) is 4.99 Å². The Morgan fingerprint density at radius 1 is 1.47 bits per heavy atom. The molecular formula is C13H17NO4S. The SMILES string of the molecule is CC.COc1ccc(C2=N[C@@H](C(=O)O)CS2)c(O)c1. The Hall–Kier alpha value is -1.69. The molecule has 1 aliphatic rings. The molecule has 1 heterocycles. The average Bonchev–Trinajstić information content (AvgIpc) is 2.90. The van der Waals surface area contributed by atoms with Crippen molar-refractivity contribution in [3.8, 4) is 11.5 Å². The number of phenolic OH excluding ortho intramolecular Hbond substituents is 1. The van der Waals surface area contributed by atoms with Crippen molar-refractivity contribution < 1.29 is 19.7 Å². The normalized spacial score (nSPS) is 17.2.